The van der Waals surface area contributed by atoms with Gasteiger partial charge in [-0.05, 0) is 31.5 Å². The molecule has 0 saturated carbocycles. The first-order chi connectivity index (χ1) is 9.50. The molecule has 1 atom stereocenters. The zero-order valence-corrected chi connectivity index (χ0v) is 13.1. The molecule has 0 aliphatic heterocycles. The molecule has 0 aliphatic rings. The third-order valence-electron chi connectivity index (χ3n) is 2.96. The van der Waals surface area contributed by atoms with Crippen molar-refractivity contribution in [1.29, 1.82) is 0 Å². The van der Waals surface area contributed by atoms with Crippen LogP contribution in [0.1, 0.15) is 19.4 Å². The first kappa shape index (κ1) is 15.3. The molecule has 20 heavy (non-hydrogen) atoms. The van der Waals surface area contributed by atoms with E-state index in [0.717, 1.165) is 16.6 Å². The molecule has 0 aliphatic carbocycles. The summed E-state index contributed by atoms with van der Waals surface area (Å²) >= 11 is 1.20. The van der Waals surface area contributed by atoms with Gasteiger partial charge in [-0.25, -0.2) is 13.1 Å². The molecular weight excluding hydrogens is 296 g/mol. The predicted octanol–water partition coefficient (Wildman–Crippen LogP) is 1.11. The van der Waals surface area contributed by atoms with Gasteiger partial charge in [0, 0.05) is 19.1 Å². The van der Waals surface area contributed by atoms with Gasteiger partial charge in [0.05, 0.1) is 17.5 Å². The van der Waals surface area contributed by atoms with Crippen LogP contribution < -0.4 is 10.0 Å². The fraction of sp³-hybridized carbons (Fsp3) is 0.500. The molecule has 6 nitrogen and oxygen atoms in total. The minimum atomic E-state index is -3.13. The van der Waals surface area contributed by atoms with Gasteiger partial charge in [-0.15, -0.1) is 0 Å². The number of benzene rings is 1. The highest BCUT2D eigenvalue weighted by molar-refractivity contribution is 7.89. The Labute approximate surface area is 123 Å². The van der Waals surface area contributed by atoms with Crippen molar-refractivity contribution < 1.29 is 8.42 Å². The molecule has 2 rings (SSSR count). The first-order valence-electron chi connectivity index (χ1n) is 6.42. The zero-order valence-electron chi connectivity index (χ0n) is 11.5. The summed E-state index contributed by atoms with van der Waals surface area (Å²) in [4.78, 5) is 0. The number of fused-ring (bicyclic) bond motifs is 1. The Kier molecular flexibility index (Phi) is 5.03. The molecule has 0 fully saturated rings. The van der Waals surface area contributed by atoms with E-state index in [-0.39, 0.29) is 11.8 Å². The third-order valence-corrected chi connectivity index (χ3v) is 4.89. The van der Waals surface area contributed by atoms with Crippen LogP contribution in [0.4, 0.5) is 0 Å². The van der Waals surface area contributed by atoms with Crippen molar-refractivity contribution in [1.82, 2.24) is 18.8 Å². The van der Waals surface area contributed by atoms with E-state index >= 15 is 0 Å². The van der Waals surface area contributed by atoms with E-state index in [1.807, 2.05) is 25.1 Å². The number of sulfonamides is 1. The summed E-state index contributed by atoms with van der Waals surface area (Å²) in [7, 11) is -3.13. The molecule has 110 valence electrons. The highest BCUT2D eigenvalue weighted by Gasteiger charge is 2.09. The molecule has 8 heteroatoms. The molecule has 1 heterocycles. The zero-order chi connectivity index (χ0) is 14.6. The third kappa shape index (κ3) is 4.20. The van der Waals surface area contributed by atoms with E-state index < -0.39 is 10.0 Å². The maximum absolute atomic E-state index is 11.3. The van der Waals surface area contributed by atoms with Crippen LogP contribution in [0.2, 0.25) is 0 Å². The Morgan fingerprint density at radius 2 is 2.05 bits per heavy atom. The van der Waals surface area contributed by atoms with Crippen molar-refractivity contribution in [3.05, 3.63) is 23.8 Å². The molecule has 0 saturated heterocycles. The summed E-state index contributed by atoms with van der Waals surface area (Å²) in [6.07, 6.45) is 0. The normalized spacial score (nSPS) is 13.7. The molecular formula is C12H18N4O2S2. The average molecular weight is 314 g/mol. The van der Waals surface area contributed by atoms with Crippen LogP contribution >= 0.6 is 11.7 Å². The summed E-state index contributed by atoms with van der Waals surface area (Å²) < 4.78 is 33.6. The SMILES string of the molecule is CCS(=O)(=O)NCC(C)NCc1ccc2nsnc2c1. The van der Waals surface area contributed by atoms with Crippen molar-refractivity contribution >= 4 is 32.8 Å². The fourth-order valence-corrected chi connectivity index (χ4v) is 2.88. The molecule has 0 spiro atoms. The van der Waals surface area contributed by atoms with Crippen LogP contribution in [-0.2, 0) is 16.6 Å². The molecule has 0 bridgehead atoms. The van der Waals surface area contributed by atoms with Gasteiger partial charge in [-0.3, -0.25) is 0 Å². The van der Waals surface area contributed by atoms with Crippen LogP contribution in [0, 0.1) is 0 Å². The lowest BCUT2D eigenvalue weighted by atomic mass is 10.2. The van der Waals surface area contributed by atoms with Gasteiger partial charge in [-0.1, -0.05) is 6.07 Å². The first-order valence-corrected chi connectivity index (χ1v) is 8.80. The minimum absolute atomic E-state index is 0.0561. The van der Waals surface area contributed by atoms with Gasteiger partial charge in [0.1, 0.15) is 11.0 Å². The molecule has 1 aromatic carbocycles. The van der Waals surface area contributed by atoms with Crippen molar-refractivity contribution in [2.45, 2.75) is 26.4 Å². The second kappa shape index (κ2) is 6.57. The maximum atomic E-state index is 11.3. The van der Waals surface area contributed by atoms with Gasteiger partial charge in [0.2, 0.25) is 10.0 Å². The lowest BCUT2D eigenvalue weighted by molar-refractivity contribution is 0.525. The average Bonchev–Trinajstić information content (AvgIpc) is 2.90. The van der Waals surface area contributed by atoms with Crippen molar-refractivity contribution in [3.8, 4) is 0 Å². The van der Waals surface area contributed by atoms with Crippen LogP contribution in [0.15, 0.2) is 18.2 Å². The molecule has 2 aromatic rings. The number of hydrogen-bond donors (Lipinski definition) is 2. The van der Waals surface area contributed by atoms with Crippen molar-refractivity contribution in [2.24, 2.45) is 0 Å². The monoisotopic (exact) mass is 314 g/mol. The minimum Gasteiger partial charge on any atom is -0.309 e. The largest absolute Gasteiger partial charge is 0.309 e. The van der Waals surface area contributed by atoms with E-state index in [1.54, 1.807) is 6.92 Å². The van der Waals surface area contributed by atoms with Crippen molar-refractivity contribution in [3.63, 3.8) is 0 Å². The summed E-state index contributed by atoms with van der Waals surface area (Å²) in [5.41, 5.74) is 2.91. The summed E-state index contributed by atoms with van der Waals surface area (Å²) in [6, 6.07) is 6.00. The summed E-state index contributed by atoms with van der Waals surface area (Å²) in [6.45, 7) is 4.62. The van der Waals surface area contributed by atoms with Gasteiger partial charge in [0.15, 0.2) is 0 Å². The quantitative estimate of drug-likeness (QED) is 0.800. The number of hydrogen-bond acceptors (Lipinski definition) is 6. The topological polar surface area (TPSA) is 84.0 Å². The van der Waals surface area contributed by atoms with Gasteiger partial charge in [-0.2, -0.15) is 8.75 Å². The van der Waals surface area contributed by atoms with Gasteiger partial charge < -0.3 is 5.32 Å². The fourth-order valence-electron chi connectivity index (χ4n) is 1.66. The Morgan fingerprint density at radius 3 is 2.80 bits per heavy atom. The molecule has 0 amide bonds. The number of rotatable bonds is 7. The lowest BCUT2D eigenvalue weighted by Crippen LogP contribution is -2.39. The second-order valence-electron chi connectivity index (χ2n) is 4.62. The van der Waals surface area contributed by atoms with E-state index in [1.165, 1.54) is 11.7 Å². The molecule has 0 radical (unpaired) electrons. The molecule has 1 aromatic heterocycles. The Balaban J connectivity index is 1.85. The number of nitrogens with zero attached hydrogens (tertiary/aromatic N) is 2. The number of aromatic nitrogens is 2. The van der Waals surface area contributed by atoms with Crippen LogP contribution in [0.3, 0.4) is 0 Å². The highest BCUT2D eigenvalue weighted by Crippen LogP contribution is 2.13. The van der Waals surface area contributed by atoms with Crippen molar-refractivity contribution in [2.75, 3.05) is 12.3 Å². The Bertz CT molecular complexity index is 669. The Hall–Kier alpha value is -1.09. The van der Waals surface area contributed by atoms with Gasteiger partial charge in [0.25, 0.3) is 0 Å². The highest BCUT2D eigenvalue weighted by atomic mass is 32.2. The lowest BCUT2D eigenvalue weighted by Gasteiger charge is -2.14. The second-order valence-corrected chi connectivity index (χ2v) is 7.25. The smallest absolute Gasteiger partial charge is 0.211 e. The summed E-state index contributed by atoms with van der Waals surface area (Å²) in [5.74, 6) is 0.104. The van der Waals surface area contributed by atoms with E-state index in [4.69, 9.17) is 0 Å². The van der Waals surface area contributed by atoms with Crippen LogP contribution in [0.5, 0.6) is 0 Å². The van der Waals surface area contributed by atoms with Gasteiger partial charge >= 0.3 is 0 Å². The maximum Gasteiger partial charge on any atom is 0.211 e. The van der Waals surface area contributed by atoms with E-state index in [2.05, 4.69) is 18.8 Å². The van der Waals surface area contributed by atoms with E-state index in [0.29, 0.717) is 13.1 Å². The summed E-state index contributed by atoms with van der Waals surface area (Å²) in [5, 5.41) is 3.28. The molecule has 2 N–H and O–H groups in total. The molecule has 1 unspecified atom stereocenters. The number of nitrogens with one attached hydrogen (secondary N) is 2. The predicted molar refractivity (Wildman–Crippen MR) is 81.2 cm³/mol. The van der Waals surface area contributed by atoms with Crippen LogP contribution in [0.25, 0.3) is 11.0 Å². The van der Waals surface area contributed by atoms with Crippen LogP contribution in [-0.4, -0.2) is 35.5 Å². The van der Waals surface area contributed by atoms with E-state index in [9.17, 15) is 8.42 Å². The Morgan fingerprint density at radius 1 is 1.30 bits per heavy atom. The standard InChI is InChI=1S/C12H18N4O2S2/c1-3-20(17,18)14-7-9(2)13-8-10-4-5-11-12(6-10)16-19-15-11/h4-6,9,13-14H,3,7-8H2,1-2H3.